The summed E-state index contributed by atoms with van der Waals surface area (Å²) in [5, 5.41) is 3.42. The standard InChI is InChI=1S/C18H18ClN3O3/c1-12-17(22-9-7-13(19)11-16(22)21-12)18(23)20-8-10-25-15-5-3-14(24-2)4-6-15/h3-7,9,11H,8,10H2,1-2H3,(H,20,23). The number of pyridine rings is 1. The van der Waals surface area contributed by atoms with Crippen LogP contribution in [0.3, 0.4) is 0 Å². The molecule has 1 aromatic carbocycles. The van der Waals surface area contributed by atoms with Crippen molar-refractivity contribution in [2.75, 3.05) is 20.3 Å². The lowest BCUT2D eigenvalue weighted by Gasteiger charge is -2.09. The fourth-order valence-corrected chi connectivity index (χ4v) is 2.65. The number of carbonyl (C=O) groups is 1. The van der Waals surface area contributed by atoms with Gasteiger partial charge in [0, 0.05) is 17.3 Å². The minimum Gasteiger partial charge on any atom is -0.497 e. The van der Waals surface area contributed by atoms with Gasteiger partial charge in [0.25, 0.3) is 5.91 Å². The fourth-order valence-electron chi connectivity index (χ4n) is 2.50. The summed E-state index contributed by atoms with van der Waals surface area (Å²) in [4.78, 5) is 16.8. The van der Waals surface area contributed by atoms with Gasteiger partial charge in [-0.25, -0.2) is 4.98 Å². The normalized spacial score (nSPS) is 10.7. The molecule has 0 aliphatic heterocycles. The fraction of sp³-hybridized carbons (Fsp3) is 0.222. The summed E-state index contributed by atoms with van der Waals surface area (Å²) in [5.41, 5.74) is 1.79. The number of nitrogens with one attached hydrogen (secondary N) is 1. The number of benzene rings is 1. The lowest BCUT2D eigenvalue weighted by atomic mass is 10.3. The molecule has 3 aromatic rings. The van der Waals surface area contributed by atoms with Gasteiger partial charge < -0.3 is 14.8 Å². The molecule has 2 heterocycles. The highest BCUT2D eigenvalue weighted by atomic mass is 35.5. The predicted molar refractivity (Wildman–Crippen MR) is 95.8 cm³/mol. The number of hydrogen-bond donors (Lipinski definition) is 1. The lowest BCUT2D eigenvalue weighted by Crippen LogP contribution is -2.29. The Balaban J connectivity index is 1.58. The molecule has 0 bridgehead atoms. The molecule has 0 atom stereocenters. The molecule has 0 saturated heterocycles. The molecule has 1 N–H and O–H groups in total. The third-order valence-corrected chi connectivity index (χ3v) is 3.93. The summed E-state index contributed by atoms with van der Waals surface area (Å²) >= 11 is 5.96. The number of fused-ring (bicyclic) bond motifs is 1. The van der Waals surface area contributed by atoms with Crippen molar-refractivity contribution in [3.63, 3.8) is 0 Å². The van der Waals surface area contributed by atoms with Crippen LogP contribution in [0.5, 0.6) is 11.5 Å². The summed E-state index contributed by atoms with van der Waals surface area (Å²) in [6.45, 7) is 2.54. The molecule has 6 nitrogen and oxygen atoms in total. The summed E-state index contributed by atoms with van der Waals surface area (Å²) in [6, 6.07) is 10.7. The first-order valence-corrected chi connectivity index (χ1v) is 8.15. The molecule has 2 aromatic heterocycles. The number of nitrogens with zero attached hydrogens (tertiary/aromatic N) is 2. The summed E-state index contributed by atoms with van der Waals surface area (Å²) < 4.78 is 12.4. The van der Waals surface area contributed by atoms with Crippen LogP contribution in [0, 0.1) is 6.92 Å². The Hall–Kier alpha value is -2.73. The van der Waals surface area contributed by atoms with Gasteiger partial charge in [0.05, 0.1) is 19.3 Å². The number of rotatable bonds is 6. The average molecular weight is 360 g/mol. The largest absolute Gasteiger partial charge is 0.497 e. The number of methoxy groups -OCH3 is 1. The van der Waals surface area contributed by atoms with Crippen molar-refractivity contribution >= 4 is 23.2 Å². The highest BCUT2D eigenvalue weighted by Crippen LogP contribution is 2.17. The molecular formula is C18H18ClN3O3. The topological polar surface area (TPSA) is 64.9 Å². The first-order chi connectivity index (χ1) is 12.1. The number of halogens is 1. The van der Waals surface area contributed by atoms with Gasteiger partial charge >= 0.3 is 0 Å². The average Bonchev–Trinajstić information content (AvgIpc) is 2.94. The van der Waals surface area contributed by atoms with Gasteiger partial charge in [0.15, 0.2) is 0 Å². The predicted octanol–water partition coefficient (Wildman–Crippen LogP) is 3.11. The second-order valence-electron chi connectivity index (χ2n) is 5.40. The van der Waals surface area contributed by atoms with E-state index in [1.165, 1.54) is 0 Å². The Morgan fingerprint density at radius 3 is 2.68 bits per heavy atom. The zero-order valence-electron chi connectivity index (χ0n) is 14.0. The maximum Gasteiger partial charge on any atom is 0.270 e. The highest BCUT2D eigenvalue weighted by molar-refractivity contribution is 6.30. The first kappa shape index (κ1) is 17.1. The number of amides is 1. The zero-order valence-corrected chi connectivity index (χ0v) is 14.7. The number of aryl methyl sites for hydroxylation is 1. The van der Waals surface area contributed by atoms with Crippen LogP contribution < -0.4 is 14.8 Å². The molecule has 7 heteroatoms. The highest BCUT2D eigenvalue weighted by Gasteiger charge is 2.16. The van der Waals surface area contributed by atoms with Crippen LogP contribution in [-0.2, 0) is 0 Å². The Labute approximate surface area is 150 Å². The van der Waals surface area contributed by atoms with Crippen molar-refractivity contribution in [2.24, 2.45) is 0 Å². The molecule has 0 unspecified atom stereocenters. The Morgan fingerprint density at radius 2 is 1.96 bits per heavy atom. The minimum atomic E-state index is -0.203. The smallest absolute Gasteiger partial charge is 0.270 e. The van der Waals surface area contributed by atoms with E-state index < -0.39 is 0 Å². The number of ether oxygens (including phenoxy) is 2. The van der Waals surface area contributed by atoms with E-state index >= 15 is 0 Å². The van der Waals surface area contributed by atoms with Crippen molar-refractivity contribution in [3.8, 4) is 11.5 Å². The molecule has 1 amide bonds. The Bertz CT molecular complexity index is 890. The van der Waals surface area contributed by atoms with Gasteiger partial charge in [0.2, 0.25) is 0 Å². The summed E-state index contributed by atoms with van der Waals surface area (Å²) in [5.74, 6) is 1.28. The maximum absolute atomic E-state index is 12.4. The molecule has 0 aliphatic rings. The second-order valence-corrected chi connectivity index (χ2v) is 5.84. The maximum atomic E-state index is 12.4. The third-order valence-electron chi connectivity index (χ3n) is 3.69. The van der Waals surface area contributed by atoms with Crippen LogP contribution in [0.15, 0.2) is 42.6 Å². The monoisotopic (exact) mass is 359 g/mol. The van der Waals surface area contributed by atoms with E-state index in [9.17, 15) is 4.79 Å². The van der Waals surface area contributed by atoms with Crippen LogP contribution >= 0.6 is 11.6 Å². The summed E-state index contributed by atoms with van der Waals surface area (Å²) in [6.07, 6.45) is 1.74. The zero-order chi connectivity index (χ0) is 17.8. The lowest BCUT2D eigenvalue weighted by molar-refractivity contribution is 0.0940. The van der Waals surface area contributed by atoms with Crippen LogP contribution in [0.25, 0.3) is 5.65 Å². The quantitative estimate of drug-likeness (QED) is 0.687. The van der Waals surface area contributed by atoms with Gasteiger partial charge in [-0.05, 0) is 37.3 Å². The molecule has 0 saturated carbocycles. The minimum absolute atomic E-state index is 0.203. The molecule has 0 radical (unpaired) electrons. The first-order valence-electron chi connectivity index (χ1n) is 7.78. The molecular weight excluding hydrogens is 342 g/mol. The van der Waals surface area contributed by atoms with Crippen molar-refractivity contribution in [1.29, 1.82) is 0 Å². The van der Waals surface area contributed by atoms with E-state index in [4.69, 9.17) is 21.1 Å². The van der Waals surface area contributed by atoms with E-state index in [0.717, 1.165) is 11.5 Å². The van der Waals surface area contributed by atoms with Crippen LogP contribution in [0.1, 0.15) is 16.2 Å². The number of carbonyl (C=O) groups excluding carboxylic acids is 1. The van der Waals surface area contributed by atoms with Gasteiger partial charge in [0.1, 0.15) is 29.4 Å². The summed E-state index contributed by atoms with van der Waals surface area (Å²) in [7, 11) is 1.61. The molecule has 0 aliphatic carbocycles. The number of hydrogen-bond acceptors (Lipinski definition) is 4. The van der Waals surface area contributed by atoms with E-state index in [2.05, 4.69) is 10.3 Å². The Morgan fingerprint density at radius 1 is 1.24 bits per heavy atom. The van der Waals surface area contributed by atoms with Crippen LogP contribution in [-0.4, -0.2) is 35.6 Å². The van der Waals surface area contributed by atoms with Crippen LogP contribution in [0.4, 0.5) is 0 Å². The van der Waals surface area contributed by atoms with E-state index in [0.29, 0.717) is 35.2 Å². The van der Waals surface area contributed by atoms with Crippen molar-refractivity contribution < 1.29 is 14.3 Å². The molecule has 0 spiro atoms. The van der Waals surface area contributed by atoms with Crippen molar-refractivity contribution in [3.05, 3.63) is 59.0 Å². The van der Waals surface area contributed by atoms with Gasteiger partial charge in [-0.2, -0.15) is 0 Å². The number of imidazole rings is 1. The molecule has 3 rings (SSSR count). The molecule has 25 heavy (non-hydrogen) atoms. The Kier molecular flexibility index (Phi) is 5.09. The van der Waals surface area contributed by atoms with Gasteiger partial charge in [-0.15, -0.1) is 0 Å². The SMILES string of the molecule is COc1ccc(OCCNC(=O)c2c(C)nc3cc(Cl)ccn23)cc1. The molecule has 130 valence electrons. The number of aromatic nitrogens is 2. The van der Waals surface area contributed by atoms with E-state index in [1.807, 2.05) is 24.3 Å². The van der Waals surface area contributed by atoms with Crippen LogP contribution in [0.2, 0.25) is 5.02 Å². The van der Waals surface area contributed by atoms with Crippen molar-refractivity contribution in [2.45, 2.75) is 6.92 Å². The van der Waals surface area contributed by atoms with Gasteiger partial charge in [-0.3, -0.25) is 9.20 Å². The van der Waals surface area contributed by atoms with E-state index in [-0.39, 0.29) is 5.91 Å². The molecule has 0 fully saturated rings. The van der Waals surface area contributed by atoms with Gasteiger partial charge in [-0.1, -0.05) is 11.6 Å². The van der Waals surface area contributed by atoms with E-state index in [1.54, 1.807) is 36.8 Å². The second kappa shape index (κ2) is 7.44. The third kappa shape index (κ3) is 3.85. The van der Waals surface area contributed by atoms with Crippen molar-refractivity contribution in [1.82, 2.24) is 14.7 Å².